The molecule has 0 fully saturated rings. The number of carbonyl (C=O) groups excluding carboxylic acids is 1. The first-order chi connectivity index (χ1) is 7.43. The number of hydrogen-bond donors (Lipinski definition) is 2. The smallest absolute Gasteiger partial charge is 0.325 e. The van der Waals surface area contributed by atoms with E-state index in [1.165, 1.54) is 0 Å². The van der Waals surface area contributed by atoms with E-state index in [2.05, 4.69) is 22.9 Å². The highest BCUT2D eigenvalue weighted by molar-refractivity contribution is 7.80. The molecule has 0 saturated heterocycles. The Morgan fingerprint density at radius 2 is 2.12 bits per heavy atom. The van der Waals surface area contributed by atoms with Gasteiger partial charge in [0, 0.05) is 6.42 Å². The highest BCUT2D eigenvalue weighted by Crippen LogP contribution is 2.27. The number of nitrogens with one attached hydrogen (secondary N) is 1. The third kappa shape index (κ3) is 3.73. The van der Waals surface area contributed by atoms with Crippen LogP contribution in [0.4, 0.5) is 18.9 Å². The maximum atomic E-state index is 12.1. The lowest BCUT2D eigenvalue weighted by molar-refractivity contribution is -0.141. The average molecular weight is 250 g/mol. The van der Waals surface area contributed by atoms with Gasteiger partial charge in [0.1, 0.15) is 5.69 Å². The van der Waals surface area contributed by atoms with Crippen LogP contribution in [0.1, 0.15) is 12.1 Å². The summed E-state index contributed by atoms with van der Waals surface area (Å²) in [6.07, 6.45) is -3.29. The largest absolute Gasteiger partial charge is 0.433 e. The molecule has 1 heterocycles. The van der Waals surface area contributed by atoms with Gasteiger partial charge < -0.3 is 5.32 Å². The molecule has 0 aliphatic heterocycles. The van der Waals surface area contributed by atoms with Crippen LogP contribution in [0, 0.1) is 0 Å². The van der Waals surface area contributed by atoms with Gasteiger partial charge in [0.05, 0.1) is 11.9 Å². The summed E-state index contributed by atoms with van der Waals surface area (Å²) >= 11 is 3.86. The molecular weight excluding hydrogens is 241 g/mol. The van der Waals surface area contributed by atoms with Crippen LogP contribution in [-0.4, -0.2) is 16.6 Å². The fourth-order valence-corrected chi connectivity index (χ4v) is 1.16. The number of halogens is 3. The molecule has 0 spiro atoms. The van der Waals surface area contributed by atoms with E-state index < -0.39 is 11.9 Å². The van der Waals surface area contributed by atoms with Gasteiger partial charge >= 0.3 is 6.18 Å². The number of amides is 1. The first-order valence-corrected chi connectivity index (χ1v) is 5.00. The first kappa shape index (κ1) is 12.8. The zero-order valence-electron chi connectivity index (χ0n) is 8.08. The molecule has 1 N–H and O–H groups in total. The SMILES string of the molecule is O=C(CCS)Nc1ccc(C(F)(F)F)nc1. The molecule has 0 radical (unpaired) electrons. The molecule has 0 saturated carbocycles. The number of anilines is 1. The van der Waals surface area contributed by atoms with Gasteiger partial charge in [-0.15, -0.1) is 0 Å². The van der Waals surface area contributed by atoms with E-state index in [4.69, 9.17) is 0 Å². The van der Waals surface area contributed by atoms with Crippen LogP contribution in [0.5, 0.6) is 0 Å². The predicted molar refractivity (Wildman–Crippen MR) is 56.3 cm³/mol. The first-order valence-electron chi connectivity index (χ1n) is 4.37. The summed E-state index contributed by atoms with van der Waals surface area (Å²) in [7, 11) is 0. The van der Waals surface area contributed by atoms with E-state index in [0.29, 0.717) is 5.75 Å². The van der Waals surface area contributed by atoms with Crippen LogP contribution in [0.3, 0.4) is 0 Å². The lowest BCUT2D eigenvalue weighted by atomic mass is 10.3. The summed E-state index contributed by atoms with van der Waals surface area (Å²) in [4.78, 5) is 14.3. The minimum absolute atomic E-state index is 0.199. The topological polar surface area (TPSA) is 42.0 Å². The van der Waals surface area contributed by atoms with E-state index in [1.807, 2.05) is 0 Å². The minimum Gasteiger partial charge on any atom is -0.325 e. The number of carbonyl (C=O) groups is 1. The van der Waals surface area contributed by atoms with E-state index in [1.54, 1.807) is 0 Å². The summed E-state index contributed by atoms with van der Waals surface area (Å²) in [6, 6.07) is 1.97. The maximum absolute atomic E-state index is 12.1. The van der Waals surface area contributed by atoms with Gasteiger partial charge in [-0.05, 0) is 17.9 Å². The Kier molecular flexibility index (Phi) is 4.17. The molecule has 0 atom stereocenters. The Bertz CT molecular complexity index is 364. The Labute approximate surface area is 95.5 Å². The Hall–Kier alpha value is -1.24. The van der Waals surface area contributed by atoms with Gasteiger partial charge in [0.25, 0.3) is 0 Å². The van der Waals surface area contributed by atoms with Crippen molar-refractivity contribution < 1.29 is 18.0 Å². The van der Waals surface area contributed by atoms with Crippen LogP contribution in [0.15, 0.2) is 18.3 Å². The van der Waals surface area contributed by atoms with Crippen molar-refractivity contribution in [1.82, 2.24) is 4.98 Å². The fraction of sp³-hybridized carbons (Fsp3) is 0.333. The average Bonchev–Trinajstić information content (AvgIpc) is 2.17. The normalized spacial score (nSPS) is 11.2. The second-order valence-electron chi connectivity index (χ2n) is 2.95. The number of nitrogens with zero attached hydrogens (tertiary/aromatic N) is 1. The van der Waals surface area contributed by atoms with Crippen molar-refractivity contribution in [3.05, 3.63) is 24.0 Å². The van der Waals surface area contributed by atoms with E-state index in [-0.39, 0.29) is 18.0 Å². The summed E-state index contributed by atoms with van der Waals surface area (Å²) in [5.41, 5.74) is -0.750. The molecule has 1 aromatic rings. The van der Waals surface area contributed by atoms with Crippen molar-refractivity contribution in [1.29, 1.82) is 0 Å². The van der Waals surface area contributed by atoms with Gasteiger partial charge in [0.2, 0.25) is 5.91 Å². The number of aromatic nitrogens is 1. The monoisotopic (exact) mass is 250 g/mol. The van der Waals surface area contributed by atoms with Crippen LogP contribution >= 0.6 is 12.6 Å². The van der Waals surface area contributed by atoms with Crippen molar-refractivity contribution in [3.8, 4) is 0 Å². The molecule has 1 aromatic heterocycles. The lowest BCUT2D eigenvalue weighted by Crippen LogP contribution is -2.13. The second-order valence-corrected chi connectivity index (χ2v) is 3.40. The van der Waals surface area contributed by atoms with Crippen molar-refractivity contribution >= 4 is 24.2 Å². The number of rotatable bonds is 3. The molecule has 0 aliphatic rings. The fourth-order valence-electron chi connectivity index (χ4n) is 0.961. The van der Waals surface area contributed by atoms with Crippen LogP contribution < -0.4 is 5.32 Å². The van der Waals surface area contributed by atoms with E-state index in [9.17, 15) is 18.0 Å². The zero-order valence-corrected chi connectivity index (χ0v) is 8.98. The molecule has 3 nitrogen and oxygen atoms in total. The van der Waals surface area contributed by atoms with Crippen LogP contribution in [0.2, 0.25) is 0 Å². The molecule has 88 valence electrons. The minimum atomic E-state index is -4.46. The molecule has 0 aromatic carbocycles. The van der Waals surface area contributed by atoms with Crippen molar-refractivity contribution in [2.45, 2.75) is 12.6 Å². The van der Waals surface area contributed by atoms with Crippen LogP contribution in [-0.2, 0) is 11.0 Å². The van der Waals surface area contributed by atoms with Gasteiger partial charge in [-0.25, -0.2) is 4.98 Å². The quantitative estimate of drug-likeness (QED) is 0.809. The van der Waals surface area contributed by atoms with E-state index >= 15 is 0 Å². The molecular formula is C9H9F3N2OS. The van der Waals surface area contributed by atoms with Gasteiger partial charge in [-0.1, -0.05) is 0 Å². The number of hydrogen-bond acceptors (Lipinski definition) is 3. The highest BCUT2D eigenvalue weighted by Gasteiger charge is 2.32. The van der Waals surface area contributed by atoms with Gasteiger partial charge in [-0.3, -0.25) is 4.79 Å². The molecule has 7 heteroatoms. The summed E-state index contributed by atoms with van der Waals surface area (Å²) in [5.74, 6) is 0.0662. The molecule has 0 aliphatic carbocycles. The summed E-state index contributed by atoms with van der Waals surface area (Å²) < 4.78 is 36.4. The highest BCUT2D eigenvalue weighted by atomic mass is 32.1. The van der Waals surface area contributed by atoms with E-state index in [0.717, 1.165) is 18.3 Å². The molecule has 1 rings (SSSR count). The van der Waals surface area contributed by atoms with Crippen LogP contribution in [0.25, 0.3) is 0 Å². The van der Waals surface area contributed by atoms with Crippen molar-refractivity contribution in [3.63, 3.8) is 0 Å². The Morgan fingerprint density at radius 1 is 1.44 bits per heavy atom. The Morgan fingerprint density at radius 3 is 2.56 bits per heavy atom. The molecule has 1 amide bonds. The van der Waals surface area contributed by atoms with Gasteiger partial charge in [0.15, 0.2) is 0 Å². The lowest BCUT2D eigenvalue weighted by Gasteiger charge is -2.07. The summed E-state index contributed by atoms with van der Waals surface area (Å²) in [6.45, 7) is 0. The summed E-state index contributed by atoms with van der Waals surface area (Å²) in [5, 5.41) is 2.40. The second kappa shape index (κ2) is 5.20. The Balaban J connectivity index is 2.69. The zero-order chi connectivity index (χ0) is 12.2. The number of thiol groups is 1. The van der Waals surface area contributed by atoms with Crippen molar-refractivity contribution in [2.75, 3.05) is 11.1 Å². The third-order valence-electron chi connectivity index (χ3n) is 1.68. The molecule has 0 bridgehead atoms. The predicted octanol–water partition coefficient (Wildman–Crippen LogP) is 2.36. The molecule has 0 unspecified atom stereocenters. The number of alkyl halides is 3. The number of pyridine rings is 1. The third-order valence-corrected chi connectivity index (χ3v) is 1.90. The maximum Gasteiger partial charge on any atom is 0.433 e. The molecule has 16 heavy (non-hydrogen) atoms. The standard InChI is InChI=1S/C9H9F3N2OS/c10-9(11,12)7-2-1-6(5-13-7)14-8(15)3-4-16/h1-2,5,16H,3-4H2,(H,14,15). The van der Waals surface area contributed by atoms with Gasteiger partial charge in [-0.2, -0.15) is 25.8 Å². The van der Waals surface area contributed by atoms with Crippen molar-refractivity contribution in [2.24, 2.45) is 0 Å².